The van der Waals surface area contributed by atoms with E-state index in [1.165, 1.54) is 11.1 Å². The second kappa shape index (κ2) is 4.06. The molecule has 6 nitrogen and oxygen atoms in total. The number of carbonyl (C=O) groups excluding carboxylic acids is 1. The molecule has 0 bridgehead atoms. The highest BCUT2D eigenvalue weighted by Gasteiger charge is 2.52. The molecule has 3 heterocycles. The molecular weight excluding hydrogens is 253 g/mol. The van der Waals surface area contributed by atoms with Crippen molar-refractivity contribution < 1.29 is 18.7 Å². The molecule has 0 aliphatic carbocycles. The smallest absolute Gasteiger partial charge is 0.306 e. The first-order valence-electron chi connectivity index (χ1n) is 6.01. The van der Waals surface area contributed by atoms with Crippen molar-refractivity contribution in [2.45, 2.75) is 31.8 Å². The predicted octanol–water partition coefficient (Wildman–Crippen LogP) is 0.618. The molecule has 2 N–H and O–H groups in total. The van der Waals surface area contributed by atoms with Gasteiger partial charge in [-0.1, -0.05) is 6.58 Å². The Morgan fingerprint density at radius 3 is 3.11 bits per heavy atom. The molecule has 0 aromatic heterocycles. The van der Waals surface area contributed by atoms with E-state index >= 15 is 0 Å². The van der Waals surface area contributed by atoms with Gasteiger partial charge in [0.2, 0.25) is 0 Å². The molecule has 3 rings (SSSR count). The van der Waals surface area contributed by atoms with Gasteiger partial charge in [0.25, 0.3) is 0 Å². The number of aliphatic imine (C=N–C) groups is 1. The second-order valence-corrected chi connectivity index (χ2v) is 4.85. The molecule has 0 aromatic carbocycles. The van der Waals surface area contributed by atoms with Crippen LogP contribution in [0.5, 0.6) is 0 Å². The number of amidine groups is 1. The number of fused-ring (bicyclic) bond motifs is 1. The Kier molecular flexibility index (Phi) is 2.60. The minimum atomic E-state index is -0.641. The summed E-state index contributed by atoms with van der Waals surface area (Å²) in [6, 6.07) is 0. The predicted molar refractivity (Wildman–Crippen MR) is 64.1 cm³/mol. The summed E-state index contributed by atoms with van der Waals surface area (Å²) in [5.41, 5.74) is 5.39. The van der Waals surface area contributed by atoms with Gasteiger partial charge in [-0.2, -0.15) is 0 Å². The number of halogens is 1. The van der Waals surface area contributed by atoms with Gasteiger partial charge >= 0.3 is 5.97 Å². The highest BCUT2D eigenvalue weighted by molar-refractivity contribution is 5.96. The van der Waals surface area contributed by atoms with Crippen LogP contribution in [-0.4, -0.2) is 35.1 Å². The molecule has 102 valence electrons. The van der Waals surface area contributed by atoms with Crippen molar-refractivity contribution in [2.75, 3.05) is 0 Å². The molecule has 3 aliphatic rings. The summed E-state index contributed by atoms with van der Waals surface area (Å²) in [5.74, 6) is -0.973. The second-order valence-electron chi connectivity index (χ2n) is 4.85. The van der Waals surface area contributed by atoms with Gasteiger partial charge in [-0.15, -0.1) is 0 Å². The highest BCUT2D eigenvalue weighted by Crippen LogP contribution is 2.40. The van der Waals surface area contributed by atoms with Crippen molar-refractivity contribution in [3.63, 3.8) is 0 Å². The van der Waals surface area contributed by atoms with E-state index in [0.717, 1.165) is 0 Å². The van der Waals surface area contributed by atoms with Crippen LogP contribution >= 0.6 is 0 Å². The number of carbonyl (C=O) groups is 1. The van der Waals surface area contributed by atoms with E-state index < -0.39 is 12.1 Å². The summed E-state index contributed by atoms with van der Waals surface area (Å²) < 4.78 is 24.5. The van der Waals surface area contributed by atoms with Crippen molar-refractivity contribution in [1.82, 2.24) is 4.90 Å². The van der Waals surface area contributed by atoms with Gasteiger partial charge in [0, 0.05) is 6.20 Å². The number of hydrogen-bond acceptors (Lipinski definition) is 6. The average molecular weight is 267 g/mol. The van der Waals surface area contributed by atoms with Crippen molar-refractivity contribution >= 4 is 11.8 Å². The van der Waals surface area contributed by atoms with E-state index in [2.05, 4.69) is 11.6 Å². The molecular formula is C12H14FN3O3. The molecule has 0 spiro atoms. The molecule has 0 radical (unpaired) electrons. The monoisotopic (exact) mass is 267 g/mol. The van der Waals surface area contributed by atoms with Gasteiger partial charge in [0.1, 0.15) is 18.2 Å². The van der Waals surface area contributed by atoms with Gasteiger partial charge in [0.15, 0.2) is 11.7 Å². The van der Waals surface area contributed by atoms with Gasteiger partial charge in [-0.3, -0.25) is 4.79 Å². The summed E-state index contributed by atoms with van der Waals surface area (Å²) in [6.45, 7) is 5.54. The van der Waals surface area contributed by atoms with Gasteiger partial charge in [0.05, 0.1) is 18.4 Å². The molecule has 19 heavy (non-hydrogen) atoms. The Morgan fingerprint density at radius 1 is 1.63 bits per heavy atom. The minimum Gasteiger partial charge on any atom is -0.459 e. The lowest BCUT2D eigenvalue weighted by Crippen LogP contribution is -2.38. The van der Waals surface area contributed by atoms with E-state index in [1.54, 1.807) is 0 Å². The third-order valence-corrected chi connectivity index (χ3v) is 3.59. The Balaban J connectivity index is 1.87. The van der Waals surface area contributed by atoms with Crippen molar-refractivity contribution in [1.29, 1.82) is 0 Å². The van der Waals surface area contributed by atoms with Crippen LogP contribution in [0.15, 0.2) is 29.4 Å². The Labute approximate surface area is 109 Å². The van der Waals surface area contributed by atoms with Crippen LogP contribution in [0.25, 0.3) is 0 Å². The summed E-state index contributed by atoms with van der Waals surface area (Å²) in [4.78, 5) is 16.7. The molecule has 3 unspecified atom stereocenters. The first kappa shape index (κ1) is 12.2. The number of ether oxygens (including phenoxy) is 2. The molecule has 2 saturated heterocycles. The maximum absolute atomic E-state index is 13.5. The standard InChI is InChI=1S/C12H14FN3O3/c1-5-10-7(3-9(17)19-10)12(18-5)16-4-8(13)11(14)15-6(16)2/h4-5,7,10,12H,2-3H2,1H3,(H2,14,15)/t5?,7-,10?,12?/m1/s1. The average Bonchev–Trinajstić information content (AvgIpc) is 2.84. The lowest BCUT2D eigenvalue weighted by atomic mass is 9.99. The Bertz CT molecular complexity index is 516. The van der Waals surface area contributed by atoms with Crippen LogP contribution in [0.4, 0.5) is 4.39 Å². The SMILES string of the molecule is C=C1N=C(N)C(F)=CN1C1OC(C)C2OC(=O)C[C@H]21. The van der Waals surface area contributed by atoms with Crippen LogP contribution in [0.1, 0.15) is 13.3 Å². The zero-order valence-electron chi connectivity index (χ0n) is 10.4. The fourth-order valence-electron chi connectivity index (χ4n) is 2.71. The third kappa shape index (κ3) is 1.81. The maximum atomic E-state index is 13.5. The molecule has 0 aromatic rings. The quantitative estimate of drug-likeness (QED) is 0.705. The highest BCUT2D eigenvalue weighted by atomic mass is 19.1. The first-order valence-corrected chi connectivity index (χ1v) is 6.01. The number of hydrogen-bond donors (Lipinski definition) is 1. The van der Waals surface area contributed by atoms with Crippen molar-refractivity contribution in [3.05, 3.63) is 24.4 Å². The fourth-order valence-corrected chi connectivity index (χ4v) is 2.71. The zero-order valence-corrected chi connectivity index (χ0v) is 10.4. The summed E-state index contributed by atoms with van der Waals surface area (Å²) in [6.07, 6.45) is 0.395. The molecule has 0 amide bonds. The molecule has 4 atom stereocenters. The van der Waals surface area contributed by atoms with Crippen LogP contribution in [0, 0.1) is 5.92 Å². The van der Waals surface area contributed by atoms with Crippen molar-refractivity contribution in [2.24, 2.45) is 16.6 Å². The number of nitrogens with two attached hydrogens (primary N) is 1. The fraction of sp³-hybridized carbons (Fsp3) is 0.500. The topological polar surface area (TPSA) is 77.2 Å². The molecule has 3 aliphatic heterocycles. The molecule has 7 heteroatoms. The Hall–Kier alpha value is -1.89. The van der Waals surface area contributed by atoms with E-state index in [0.29, 0.717) is 0 Å². The Morgan fingerprint density at radius 2 is 2.37 bits per heavy atom. The molecule has 0 saturated carbocycles. The van der Waals surface area contributed by atoms with Crippen LogP contribution < -0.4 is 5.73 Å². The lowest BCUT2D eigenvalue weighted by Gasteiger charge is -2.31. The van der Waals surface area contributed by atoms with E-state index in [9.17, 15) is 9.18 Å². The maximum Gasteiger partial charge on any atom is 0.306 e. The lowest BCUT2D eigenvalue weighted by molar-refractivity contribution is -0.146. The largest absolute Gasteiger partial charge is 0.459 e. The first-order chi connectivity index (χ1) is 8.97. The summed E-state index contributed by atoms with van der Waals surface area (Å²) >= 11 is 0. The number of esters is 1. The van der Waals surface area contributed by atoms with Gasteiger partial charge in [-0.05, 0) is 6.92 Å². The van der Waals surface area contributed by atoms with Crippen LogP contribution in [-0.2, 0) is 14.3 Å². The number of rotatable bonds is 1. The minimum absolute atomic E-state index is 0.155. The van der Waals surface area contributed by atoms with Crippen LogP contribution in [0.2, 0.25) is 0 Å². The molecule has 2 fully saturated rings. The van der Waals surface area contributed by atoms with Gasteiger partial charge < -0.3 is 20.1 Å². The zero-order chi connectivity index (χ0) is 13.7. The normalized spacial score (nSPS) is 37.9. The number of nitrogens with zero attached hydrogens (tertiary/aromatic N) is 2. The third-order valence-electron chi connectivity index (χ3n) is 3.59. The van der Waals surface area contributed by atoms with E-state index in [-0.39, 0.29) is 42.2 Å². The van der Waals surface area contributed by atoms with E-state index in [1.807, 2.05) is 6.92 Å². The van der Waals surface area contributed by atoms with Gasteiger partial charge in [-0.25, -0.2) is 9.38 Å². The van der Waals surface area contributed by atoms with E-state index in [4.69, 9.17) is 15.2 Å². The summed E-state index contributed by atoms with van der Waals surface area (Å²) in [5, 5.41) is 0. The van der Waals surface area contributed by atoms with Crippen LogP contribution in [0.3, 0.4) is 0 Å². The summed E-state index contributed by atoms with van der Waals surface area (Å²) in [7, 11) is 0. The van der Waals surface area contributed by atoms with Crippen molar-refractivity contribution in [3.8, 4) is 0 Å².